The quantitative estimate of drug-likeness (QED) is 0.534. The van der Waals surface area contributed by atoms with Gasteiger partial charge in [-0.1, -0.05) is 0 Å². The standard InChI is InChI=1S/C6H6Cl4O/c7-3-1-5(9)11-6(10)2-4-8/h1-2H,3-4H2/b5-1-,6-2-. The largest absolute Gasteiger partial charge is 0.434 e. The van der Waals surface area contributed by atoms with Gasteiger partial charge in [-0.05, 0) is 35.4 Å². The summed E-state index contributed by atoms with van der Waals surface area (Å²) in [6.07, 6.45) is 2.96. The van der Waals surface area contributed by atoms with Crippen molar-refractivity contribution in [3.63, 3.8) is 0 Å². The molecule has 11 heavy (non-hydrogen) atoms. The van der Waals surface area contributed by atoms with Crippen LogP contribution < -0.4 is 0 Å². The van der Waals surface area contributed by atoms with Crippen LogP contribution in [0.15, 0.2) is 22.6 Å². The highest BCUT2D eigenvalue weighted by atomic mass is 35.5. The summed E-state index contributed by atoms with van der Waals surface area (Å²) in [6.45, 7) is 0. The van der Waals surface area contributed by atoms with Crippen LogP contribution in [-0.2, 0) is 4.74 Å². The summed E-state index contributed by atoms with van der Waals surface area (Å²) < 4.78 is 4.82. The third-order valence-electron chi connectivity index (χ3n) is 0.670. The second-order valence-electron chi connectivity index (χ2n) is 1.43. The van der Waals surface area contributed by atoms with Crippen LogP contribution in [0.25, 0.3) is 0 Å². The Hall–Kier alpha value is 0.440. The number of halogens is 4. The molecular weight excluding hydrogens is 230 g/mol. The van der Waals surface area contributed by atoms with Crippen LogP contribution in [0, 0.1) is 0 Å². The fraction of sp³-hybridized carbons (Fsp3) is 0.333. The Morgan fingerprint density at radius 2 is 1.36 bits per heavy atom. The molecule has 0 heterocycles. The molecule has 0 aliphatic heterocycles. The highest BCUT2D eigenvalue weighted by molar-refractivity contribution is 6.32. The van der Waals surface area contributed by atoms with Gasteiger partial charge in [0.25, 0.3) is 0 Å². The van der Waals surface area contributed by atoms with Crippen molar-refractivity contribution < 1.29 is 4.74 Å². The maximum Gasteiger partial charge on any atom is 0.192 e. The van der Waals surface area contributed by atoms with Crippen LogP contribution in [0.2, 0.25) is 0 Å². The minimum Gasteiger partial charge on any atom is -0.434 e. The lowest BCUT2D eigenvalue weighted by atomic mass is 10.7. The van der Waals surface area contributed by atoms with Gasteiger partial charge < -0.3 is 4.74 Å². The summed E-state index contributed by atoms with van der Waals surface area (Å²) >= 11 is 21.7. The van der Waals surface area contributed by atoms with Gasteiger partial charge in [0.1, 0.15) is 0 Å². The lowest BCUT2D eigenvalue weighted by Gasteiger charge is -1.99. The van der Waals surface area contributed by atoms with Gasteiger partial charge in [0.05, 0.1) is 0 Å². The van der Waals surface area contributed by atoms with Crippen LogP contribution in [0.4, 0.5) is 0 Å². The first-order chi connectivity index (χ1) is 5.20. The van der Waals surface area contributed by atoms with Crippen molar-refractivity contribution in [1.29, 1.82) is 0 Å². The molecule has 0 aromatic carbocycles. The molecule has 0 N–H and O–H groups in total. The molecule has 0 amide bonds. The van der Waals surface area contributed by atoms with Gasteiger partial charge in [-0.2, -0.15) is 0 Å². The van der Waals surface area contributed by atoms with Crippen molar-refractivity contribution in [3.8, 4) is 0 Å². The van der Waals surface area contributed by atoms with E-state index in [-0.39, 0.29) is 22.2 Å². The summed E-state index contributed by atoms with van der Waals surface area (Å²) in [5.74, 6) is 0.563. The average molecular weight is 236 g/mol. The maximum atomic E-state index is 5.50. The van der Waals surface area contributed by atoms with Crippen LogP contribution in [0.3, 0.4) is 0 Å². The van der Waals surface area contributed by atoms with Crippen LogP contribution in [0.1, 0.15) is 0 Å². The molecule has 5 heteroatoms. The molecule has 0 radical (unpaired) electrons. The number of hydrogen-bond donors (Lipinski definition) is 0. The molecule has 0 fully saturated rings. The lowest BCUT2D eigenvalue weighted by Crippen LogP contribution is -1.82. The second-order valence-corrected chi connectivity index (χ2v) is 2.79. The SMILES string of the molecule is ClC/C=C(/Cl)O/C(Cl)=C\CCl. The molecule has 0 rings (SSSR count). The molecule has 0 bridgehead atoms. The molecule has 0 saturated heterocycles. The summed E-state index contributed by atoms with van der Waals surface area (Å²) in [5.41, 5.74) is 0. The van der Waals surface area contributed by atoms with Crippen molar-refractivity contribution >= 4 is 46.4 Å². The first-order valence-electron chi connectivity index (χ1n) is 2.71. The molecule has 0 spiro atoms. The zero-order valence-corrected chi connectivity index (χ0v) is 8.51. The van der Waals surface area contributed by atoms with Gasteiger partial charge in [0.15, 0.2) is 10.4 Å². The molecule has 0 atom stereocenters. The van der Waals surface area contributed by atoms with Crippen molar-refractivity contribution in [1.82, 2.24) is 0 Å². The molecular formula is C6H6Cl4O. The van der Waals surface area contributed by atoms with Gasteiger partial charge in [-0.3, -0.25) is 0 Å². The monoisotopic (exact) mass is 234 g/mol. The minimum atomic E-state index is 0.145. The molecule has 1 nitrogen and oxygen atoms in total. The Bertz CT molecular complexity index is 146. The Balaban J connectivity index is 3.84. The number of alkyl halides is 2. The van der Waals surface area contributed by atoms with Gasteiger partial charge >= 0.3 is 0 Å². The van der Waals surface area contributed by atoms with E-state index >= 15 is 0 Å². The van der Waals surface area contributed by atoms with E-state index in [0.717, 1.165) is 0 Å². The number of hydrogen-bond acceptors (Lipinski definition) is 1. The Labute approximate surface area is 85.5 Å². The van der Waals surface area contributed by atoms with Crippen molar-refractivity contribution in [3.05, 3.63) is 22.6 Å². The zero-order chi connectivity index (χ0) is 8.69. The molecule has 64 valence electrons. The van der Waals surface area contributed by atoms with Gasteiger partial charge in [-0.25, -0.2) is 0 Å². The van der Waals surface area contributed by atoms with Crippen molar-refractivity contribution in [2.75, 3.05) is 11.8 Å². The molecule has 0 aromatic heterocycles. The number of allylic oxidation sites excluding steroid dienone is 2. The van der Waals surface area contributed by atoms with Gasteiger partial charge in [0.2, 0.25) is 0 Å². The van der Waals surface area contributed by atoms with Crippen LogP contribution in [-0.4, -0.2) is 11.8 Å². The van der Waals surface area contributed by atoms with Gasteiger partial charge in [0, 0.05) is 11.8 Å². The van der Waals surface area contributed by atoms with E-state index in [4.69, 9.17) is 51.1 Å². The molecule has 0 aromatic rings. The van der Waals surface area contributed by atoms with E-state index in [1.165, 1.54) is 12.2 Å². The Kier molecular flexibility index (Phi) is 7.39. The Morgan fingerprint density at radius 1 is 1.00 bits per heavy atom. The molecule has 0 unspecified atom stereocenters. The third-order valence-corrected chi connectivity index (χ3v) is 1.44. The Morgan fingerprint density at radius 3 is 1.64 bits per heavy atom. The van der Waals surface area contributed by atoms with E-state index in [1.54, 1.807) is 0 Å². The lowest BCUT2D eigenvalue weighted by molar-refractivity contribution is 0.366. The highest BCUT2D eigenvalue weighted by Gasteiger charge is 1.95. The molecule has 0 aliphatic rings. The second kappa shape index (κ2) is 7.11. The van der Waals surface area contributed by atoms with Crippen LogP contribution in [0.5, 0.6) is 0 Å². The summed E-state index contributed by atoms with van der Waals surface area (Å²) in [7, 11) is 0. The van der Waals surface area contributed by atoms with E-state index in [1.807, 2.05) is 0 Å². The predicted molar refractivity (Wildman–Crippen MR) is 50.4 cm³/mol. The summed E-state index contributed by atoms with van der Waals surface area (Å²) in [5, 5.41) is 0.290. The van der Waals surface area contributed by atoms with E-state index < -0.39 is 0 Å². The van der Waals surface area contributed by atoms with E-state index in [0.29, 0.717) is 0 Å². The normalized spacial score (nSPS) is 13.5. The summed E-state index contributed by atoms with van der Waals surface area (Å²) in [6, 6.07) is 0. The first-order valence-corrected chi connectivity index (χ1v) is 4.54. The van der Waals surface area contributed by atoms with Crippen molar-refractivity contribution in [2.24, 2.45) is 0 Å². The fourth-order valence-corrected chi connectivity index (χ4v) is 1.10. The van der Waals surface area contributed by atoms with Gasteiger partial charge in [-0.15, -0.1) is 23.2 Å². The smallest absolute Gasteiger partial charge is 0.192 e. The summed E-state index contributed by atoms with van der Waals surface area (Å²) in [4.78, 5) is 0. The maximum absolute atomic E-state index is 5.50. The molecule has 0 saturated carbocycles. The minimum absolute atomic E-state index is 0.145. The highest BCUT2D eigenvalue weighted by Crippen LogP contribution is 2.13. The van der Waals surface area contributed by atoms with Crippen molar-refractivity contribution in [2.45, 2.75) is 0 Å². The number of rotatable bonds is 4. The predicted octanol–water partition coefficient (Wildman–Crippen LogP) is 3.64. The van der Waals surface area contributed by atoms with Crippen LogP contribution >= 0.6 is 46.4 Å². The van der Waals surface area contributed by atoms with E-state index in [9.17, 15) is 0 Å². The average Bonchev–Trinajstić information content (AvgIpc) is 1.87. The third kappa shape index (κ3) is 6.82. The molecule has 0 aliphatic carbocycles. The zero-order valence-electron chi connectivity index (χ0n) is 5.49. The number of ether oxygens (including phenoxy) is 1. The van der Waals surface area contributed by atoms with E-state index in [2.05, 4.69) is 0 Å². The first kappa shape index (κ1) is 11.4. The topological polar surface area (TPSA) is 9.23 Å². The fourth-order valence-electron chi connectivity index (χ4n) is 0.298.